The van der Waals surface area contributed by atoms with Gasteiger partial charge in [0, 0.05) is 19.6 Å². The zero-order valence-electron chi connectivity index (χ0n) is 13.6. The van der Waals surface area contributed by atoms with Crippen molar-refractivity contribution in [1.29, 1.82) is 0 Å². The summed E-state index contributed by atoms with van der Waals surface area (Å²) < 4.78 is 0. The molecule has 2 N–H and O–H groups in total. The Balaban J connectivity index is 0.00000242. The van der Waals surface area contributed by atoms with Crippen LogP contribution in [0, 0.1) is 5.92 Å². The molecule has 5 heteroatoms. The van der Waals surface area contributed by atoms with Crippen LogP contribution in [0.2, 0.25) is 0 Å². The van der Waals surface area contributed by atoms with Crippen LogP contribution in [0.4, 0.5) is 0 Å². The molecule has 22 heavy (non-hydrogen) atoms. The number of likely N-dealkylation sites (tertiary alicyclic amines) is 1. The van der Waals surface area contributed by atoms with E-state index in [1.807, 2.05) is 6.07 Å². The number of halogens is 1. The number of amides is 1. The van der Waals surface area contributed by atoms with Gasteiger partial charge in [0.05, 0.1) is 6.54 Å². The van der Waals surface area contributed by atoms with Crippen molar-refractivity contribution in [2.45, 2.75) is 32.9 Å². The van der Waals surface area contributed by atoms with Crippen LogP contribution in [0.1, 0.15) is 30.9 Å². The van der Waals surface area contributed by atoms with Crippen molar-refractivity contribution in [2.24, 2.45) is 5.92 Å². The van der Waals surface area contributed by atoms with Crippen molar-refractivity contribution in [3.8, 4) is 0 Å². The maximum atomic E-state index is 11.6. The normalized spacial score (nSPS) is 18.5. The molecule has 0 aliphatic carbocycles. The third kappa shape index (κ3) is 5.95. The highest BCUT2D eigenvalue weighted by atomic mass is 35.5. The third-order valence-corrected chi connectivity index (χ3v) is 4.07. The summed E-state index contributed by atoms with van der Waals surface area (Å²) in [5, 5.41) is 5.83. The van der Waals surface area contributed by atoms with Crippen LogP contribution in [-0.2, 0) is 17.9 Å². The smallest absolute Gasteiger partial charge is 0.234 e. The molecule has 1 atom stereocenters. The first-order chi connectivity index (χ1) is 10.2. The fraction of sp³-hybridized carbons (Fsp3) is 0.588. The summed E-state index contributed by atoms with van der Waals surface area (Å²) >= 11 is 0. The molecule has 1 fully saturated rings. The van der Waals surface area contributed by atoms with E-state index >= 15 is 0 Å². The molecule has 0 aromatic heterocycles. The van der Waals surface area contributed by atoms with E-state index in [0.29, 0.717) is 13.1 Å². The Hall–Kier alpha value is -1.10. The van der Waals surface area contributed by atoms with Gasteiger partial charge in [-0.3, -0.25) is 9.69 Å². The quantitative estimate of drug-likeness (QED) is 0.842. The number of benzene rings is 1. The van der Waals surface area contributed by atoms with Crippen molar-refractivity contribution in [3.05, 3.63) is 35.4 Å². The number of hydrogen-bond acceptors (Lipinski definition) is 3. The molecule has 1 heterocycles. The number of nitrogens with one attached hydrogen (secondary N) is 2. The third-order valence-electron chi connectivity index (χ3n) is 4.07. The predicted molar refractivity (Wildman–Crippen MR) is 93.1 cm³/mol. The molecule has 1 amide bonds. The van der Waals surface area contributed by atoms with E-state index in [1.165, 1.54) is 37.1 Å². The Labute approximate surface area is 140 Å². The number of carbonyl (C=O) groups excluding carboxylic acids is 1. The van der Waals surface area contributed by atoms with Gasteiger partial charge < -0.3 is 10.6 Å². The van der Waals surface area contributed by atoms with Crippen molar-refractivity contribution in [3.63, 3.8) is 0 Å². The van der Waals surface area contributed by atoms with Gasteiger partial charge in [0.1, 0.15) is 0 Å². The van der Waals surface area contributed by atoms with Crippen LogP contribution in [0.15, 0.2) is 24.3 Å². The Kier molecular flexibility index (Phi) is 8.46. The van der Waals surface area contributed by atoms with E-state index in [0.717, 1.165) is 12.5 Å². The Bertz CT molecular complexity index is 467. The van der Waals surface area contributed by atoms with Gasteiger partial charge in [-0.05, 0) is 43.5 Å². The maximum absolute atomic E-state index is 11.6. The average molecular weight is 326 g/mol. The van der Waals surface area contributed by atoms with Crippen LogP contribution >= 0.6 is 12.4 Å². The van der Waals surface area contributed by atoms with E-state index < -0.39 is 0 Å². The lowest BCUT2D eigenvalue weighted by molar-refractivity contribution is -0.120. The summed E-state index contributed by atoms with van der Waals surface area (Å²) in [6.45, 7) is 6.66. The minimum atomic E-state index is 0. The number of nitrogens with zero attached hydrogens (tertiary/aromatic N) is 1. The molecule has 124 valence electrons. The van der Waals surface area contributed by atoms with Crippen molar-refractivity contribution in [1.82, 2.24) is 15.5 Å². The first kappa shape index (κ1) is 18.9. The van der Waals surface area contributed by atoms with Crippen LogP contribution in [0.25, 0.3) is 0 Å². The second-order valence-electron chi connectivity index (χ2n) is 6.06. The maximum Gasteiger partial charge on any atom is 0.234 e. The summed E-state index contributed by atoms with van der Waals surface area (Å²) in [5.41, 5.74) is 2.55. The van der Waals surface area contributed by atoms with E-state index in [9.17, 15) is 4.79 Å². The standard InChI is InChI=1S/C17H27N3O.ClH/c1-14-6-5-9-20(12-14)13-16-8-4-3-7-15(16)10-19-17(21)11-18-2;/h3-4,7-8,14,18H,5-6,9-13H2,1-2H3,(H,19,21);1H. The lowest BCUT2D eigenvalue weighted by Gasteiger charge is -2.31. The van der Waals surface area contributed by atoms with E-state index in [4.69, 9.17) is 0 Å². The molecule has 0 saturated carbocycles. The average Bonchev–Trinajstić information content (AvgIpc) is 2.47. The topological polar surface area (TPSA) is 44.4 Å². The summed E-state index contributed by atoms with van der Waals surface area (Å²) in [6, 6.07) is 8.42. The van der Waals surface area contributed by atoms with Crippen molar-refractivity contribution < 1.29 is 4.79 Å². The Morgan fingerprint density at radius 3 is 2.73 bits per heavy atom. The largest absolute Gasteiger partial charge is 0.351 e. The molecule has 1 aliphatic heterocycles. The zero-order valence-corrected chi connectivity index (χ0v) is 14.4. The molecular formula is C17H28ClN3O. The molecule has 1 aliphatic rings. The molecule has 0 bridgehead atoms. The first-order valence-electron chi connectivity index (χ1n) is 7.89. The highest BCUT2D eigenvalue weighted by Crippen LogP contribution is 2.19. The second kappa shape index (κ2) is 9.82. The predicted octanol–water partition coefficient (Wildman–Crippen LogP) is 2.18. The molecule has 4 nitrogen and oxygen atoms in total. The van der Waals surface area contributed by atoms with Gasteiger partial charge in [-0.25, -0.2) is 0 Å². The lowest BCUT2D eigenvalue weighted by atomic mass is 9.99. The highest BCUT2D eigenvalue weighted by Gasteiger charge is 2.17. The second-order valence-corrected chi connectivity index (χ2v) is 6.06. The number of hydrogen-bond donors (Lipinski definition) is 2. The van der Waals surface area contributed by atoms with E-state index in [-0.39, 0.29) is 18.3 Å². The lowest BCUT2D eigenvalue weighted by Crippen LogP contribution is -2.35. The first-order valence-corrected chi connectivity index (χ1v) is 7.89. The number of rotatable bonds is 6. The summed E-state index contributed by atoms with van der Waals surface area (Å²) in [7, 11) is 1.78. The molecule has 0 spiro atoms. The van der Waals surface area contributed by atoms with Crippen LogP contribution in [0.5, 0.6) is 0 Å². The van der Waals surface area contributed by atoms with Gasteiger partial charge in [-0.2, -0.15) is 0 Å². The van der Waals surface area contributed by atoms with Crippen molar-refractivity contribution >= 4 is 18.3 Å². The fourth-order valence-electron chi connectivity index (χ4n) is 2.97. The van der Waals surface area contributed by atoms with Crippen molar-refractivity contribution in [2.75, 3.05) is 26.7 Å². The minimum Gasteiger partial charge on any atom is -0.351 e. The van der Waals surface area contributed by atoms with Gasteiger partial charge in [-0.15, -0.1) is 12.4 Å². The number of likely N-dealkylation sites (N-methyl/N-ethyl adjacent to an activating group) is 1. The molecule has 1 aromatic rings. The Morgan fingerprint density at radius 2 is 2.05 bits per heavy atom. The van der Waals surface area contributed by atoms with Crippen LogP contribution in [-0.4, -0.2) is 37.5 Å². The van der Waals surface area contributed by atoms with Gasteiger partial charge in [0.2, 0.25) is 5.91 Å². The molecular weight excluding hydrogens is 298 g/mol. The summed E-state index contributed by atoms with van der Waals surface area (Å²) in [4.78, 5) is 14.1. The molecule has 1 saturated heterocycles. The molecule has 2 rings (SSSR count). The Morgan fingerprint density at radius 1 is 1.32 bits per heavy atom. The van der Waals surface area contributed by atoms with Gasteiger partial charge in [0.15, 0.2) is 0 Å². The van der Waals surface area contributed by atoms with E-state index in [1.54, 1.807) is 7.05 Å². The van der Waals surface area contributed by atoms with Gasteiger partial charge in [-0.1, -0.05) is 31.2 Å². The number of carbonyl (C=O) groups is 1. The summed E-state index contributed by atoms with van der Waals surface area (Å²) in [6.07, 6.45) is 2.64. The SMILES string of the molecule is CNCC(=O)NCc1ccccc1CN1CCCC(C)C1.Cl. The zero-order chi connectivity index (χ0) is 15.1. The van der Waals surface area contributed by atoms with E-state index in [2.05, 4.69) is 40.7 Å². The fourth-order valence-corrected chi connectivity index (χ4v) is 2.97. The van der Waals surface area contributed by atoms with Crippen LogP contribution in [0.3, 0.4) is 0 Å². The molecule has 0 radical (unpaired) electrons. The molecule has 1 unspecified atom stereocenters. The highest BCUT2D eigenvalue weighted by molar-refractivity contribution is 5.85. The molecule has 1 aromatic carbocycles. The van der Waals surface area contributed by atoms with Gasteiger partial charge in [0.25, 0.3) is 0 Å². The monoisotopic (exact) mass is 325 g/mol. The minimum absolute atomic E-state index is 0. The van der Waals surface area contributed by atoms with Crippen LogP contribution < -0.4 is 10.6 Å². The van der Waals surface area contributed by atoms with Gasteiger partial charge >= 0.3 is 0 Å². The summed E-state index contributed by atoms with van der Waals surface area (Å²) in [5.74, 6) is 0.833. The number of piperidine rings is 1.